The summed E-state index contributed by atoms with van der Waals surface area (Å²) in [5.74, 6) is 0. The third-order valence-corrected chi connectivity index (χ3v) is 3.55. The number of ether oxygens (including phenoxy) is 1. The van der Waals surface area contributed by atoms with Crippen LogP contribution in [0, 0.1) is 0 Å². The standard InChI is InChI=1S/C10H13N3OS2/c1-2-11-10-13-12-9(16-10)7-14-6-8-4-3-5-15-8/h3-5H,2,6-7H2,1H3,(H,11,13). The highest BCUT2D eigenvalue weighted by Gasteiger charge is 2.03. The maximum Gasteiger partial charge on any atom is 0.205 e. The van der Waals surface area contributed by atoms with Gasteiger partial charge in [-0.3, -0.25) is 0 Å². The topological polar surface area (TPSA) is 47.0 Å². The highest BCUT2D eigenvalue weighted by Crippen LogP contribution is 2.17. The van der Waals surface area contributed by atoms with Crippen LogP contribution >= 0.6 is 22.7 Å². The van der Waals surface area contributed by atoms with E-state index in [1.165, 1.54) is 16.2 Å². The van der Waals surface area contributed by atoms with Crippen molar-refractivity contribution in [3.05, 3.63) is 27.4 Å². The molecule has 16 heavy (non-hydrogen) atoms. The normalized spacial score (nSPS) is 10.6. The number of rotatable bonds is 6. The molecule has 0 aromatic carbocycles. The van der Waals surface area contributed by atoms with E-state index in [0.29, 0.717) is 13.2 Å². The van der Waals surface area contributed by atoms with Crippen LogP contribution in [0.1, 0.15) is 16.8 Å². The van der Waals surface area contributed by atoms with Crippen molar-refractivity contribution in [3.63, 3.8) is 0 Å². The van der Waals surface area contributed by atoms with Crippen LogP contribution < -0.4 is 5.32 Å². The van der Waals surface area contributed by atoms with Crippen LogP contribution in [0.3, 0.4) is 0 Å². The van der Waals surface area contributed by atoms with Gasteiger partial charge in [0.25, 0.3) is 0 Å². The minimum Gasteiger partial charge on any atom is -0.369 e. The maximum absolute atomic E-state index is 5.55. The van der Waals surface area contributed by atoms with E-state index >= 15 is 0 Å². The molecule has 2 aromatic heterocycles. The van der Waals surface area contributed by atoms with Crippen LogP contribution in [0.15, 0.2) is 17.5 Å². The molecule has 4 nitrogen and oxygen atoms in total. The summed E-state index contributed by atoms with van der Waals surface area (Å²) in [6.45, 7) is 4.08. The van der Waals surface area contributed by atoms with Crippen LogP contribution in [0.25, 0.3) is 0 Å². The molecule has 0 atom stereocenters. The minimum absolute atomic E-state index is 0.529. The molecule has 0 saturated heterocycles. The van der Waals surface area contributed by atoms with Gasteiger partial charge in [0.1, 0.15) is 11.6 Å². The Bertz CT molecular complexity index is 413. The van der Waals surface area contributed by atoms with E-state index in [2.05, 4.69) is 21.6 Å². The van der Waals surface area contributed by atoms with Gasteiger partial charge in [-0.1, -0.05) is 17.4 Å². The average molecular weight is 255 g/mol. The van der Waals surface area contributed by atoms with Gasteiger partial charge in [0, 0.05) is 11.4 Å². The molecule has 0 aliphatic rings. The predicted octanol–water partition coefficient (Wildman–Crippen LogP) is 2.75. The lowest BCUT2D eigenvalue weighted by atomic mass is 10.5. The molecule has 0 aliphatic heterocycles. The van der Waals surface area contributed by atoms with Crippen LogP contribution in [0.2, 0.25) is 0 Å². The number of nitrogens with one attached hydrogen (secondary N) is 1. The van der Waals surface area contributed by atoms with Crippen molar-refractivity contribution in [1.29, 1.82) is 0 Å². The van der Waals surface area contributed by atoms with E-state index in [-0.39, 0.29) is 0 Å². The van der Waals surface area contributed by atoms with Gasteiger partial charge in [0.2, 0.25) is 5.13 Å². The smallest absolute Gasteiger partial charge is 0.205 e. The highest BCUT2D eigenvalue weighted by molar-refractivity contribution is 7.15. The zero-order valence-electron chi connectivity index (χ0n) is 8.97. The third-order valence-electron chi connectivity index (χ3n) is 1.84. The molecule has 0 spiro atoms. The zero-order chi connectivity index (χ0) is 11.2. The zero-order valence-corrected chi connectivity index (χ0v) is 10.6. The van der Waals surface area contributed by atoms with Gasteiger partial charge in [0.15, 0.2) is 0 Å². The van der Waals surface area contributed by atoms with E-state index in [1.54, 1.807) is 11.3 Å². The fourth-order valence-corrected chi connectivity index (χ4v) is 2.55. The van der Waals surface area contributed by atoms with Crippen molar-refractivity contribution >= 4 is 27.8 Å². The molecule has 0 saturated carbocycles. The molecular formula is C10H13N3OS2. The number of anilines is 1. The summed E-state index contributed by atoms with van der Waals surface area (Å²) in [5, 5.41) is 15.0. The third kappa shape index (κ3) is 3.26. The lowest BCUT2D eigenvalue weighted by Gasteiger charge is -1.97. The Labute approximate surface area is 102 Å². The second-order valence-electron chi connectivity index (χ2n) is 3.10. The summed E-state index contributed by atoms with van der Waals surface area (Å²) < 4.78 is 5.55. The van der Waals surface area contributed by atoms with E-state index in [4.69, 9.17) is 4.74 Å². The first-order chi connectivity index (χ1) is 7.88. The SMILES string of the molecule is CCNc1nnc(COCc2cccs2)s1. The number of thiophene rings is 1. The maximum atomic E-state index is 5.55. The predicted molar refractivity (Wildman–Crippen MR) is 66.9 cm³/mol. The van der Waals surface area contributed by atoms with Gasteiger partial charge < -0.3 is 10.1 Å². The molecule has 1 N–H and O–H groups in total. The lowest BCUT2D eigenvalue weighted by molar-refractivity contribution is 0.108. The van der Waals surface area contributed by atoms with Crippen molar-refractivity contribution in [3.8, 4) is 0 Å². The first-order valence-corrected chi connectivity index (χ1v) is 6.74. The van der Waals surface area contributed by atoms with Crippen molar-refractivity contribution in [1.82, 2.24) is 10.2 Å². The van der Waals surface area contributed by atoms with Crippen molar-refractivity contribution in [2.24, 2.45) is 0 Å². The average Bonchev–Trinajstić information content (AvgIpc) is 2.90. The summed E-state index contributed by atoms with van der Waals surface area (Å²) in [6, 6.07) is 4.09. The monoisotopic (exact) mass is 255 g/mol. The van der Waals surface area contributed by atoms with Crippen molar-refractivity contribution in [2.45, 2.75) is 20.1 Å². The molecule has 2 aromatic rings. The molecule has 6 heteroatoms. The summed E-state index contributed by atoms with van der Waals surface area (Å²) in [6.07, 6.45) is 0. The van der Waals surface area contributed by atoms with Crippen LogP contribution in [0.5, 0.6) is 0 Å². The van der Waals surface area contributed by atoms with Crippen LogP contribution in [0.4, 0.5) is 5.13 Å². The first kappa shape index (κ1) is 11.5. The van der Waals surface area contributed by atoms with Crippen molar-refractivity contribution in [2.75, 3.05) is 11.9 Å². The summed E-state index contributed by atoms with van der Waals surface area (Å²) in [4.78, 5) is 1.23. The van der Waals surface area contributed by atoms with E-state index < -0.39 is 0 Å². The molecule has 0 amide bonds. The number of nitrogens with zero attached hydrogens (tertiary/aromatic N) is 2. The second kappa shape index (κ2) is 5.93. The molecule has 0 unspecified atom stereocenters. The summed E-state index contributed by atoms with van der Waals surface area (Å²) in [5.41, 5.74) is 0. The van der Waals surface area contributed by atoms with E-state index in [1.807, 2.05) is 18.4 Å². The Morgan fingerprint density at radius 3 is 3.06 bits per heavy atom. The van der Waals surface area contributed by atoms with Gasteiger partial charge in [-0.05, 0) is 18.4 Å². The molecule has 0 bridgehead atoms. The Morgan fingerprint density at radius 2 is 2.31 bits per heavy atom. The molecule has 86 valence electrons. The van der Waals surface area contributed by atoms with E-state index in [0.717, 1.165) is 16.7 Å². The Hall–Kier alpha value is -0.980. The minimum atomic E-state index is 0.529. The molecule has 2 rings (SSSR count). The lowest BCUT2D eigenvalue weighted by Crippen LogP contribution is -1.94. The van der Waals surface area contributed by atoms with Gasteiger partial charge in [-0.25, -0.2) is 0 Å². The quantitative estimate of drug-likeness (QED) is 0.862. The van der Waals surface area contributed by atoms with Crippen LogP contribution in [-0.2, 0) is 18.0 Å². The largest absolute Gasteiger partial charge is 0.369 e. The van der Waals surface area contributed by atoms with Crippen molar-refractivity contribution < 1.29 is 4.74 Å². The van der Waals surface area contributed by atoms with Gasteiger partial charge in [-0.15, -0.1) is 21.5 Å². The fraction of sp³-hybridized carbons (Fsp3) is 0.400. The molecule has 0 radical (unpaired) electrons. The Morgan fingerprint density at radius 1 is 1.38 bits per heavy atom. The van der Waals surface area contributed by atoms with Gasteiger partial charge >= 0.3 is 0 Å². The molecule has 0 fully saturated rings. The molecular weight excluding hydrogens is 242 g/mol. The van der Waals surface area contributed by atoms with Crippen LogP contribution in [-0.4, -0.2) is 16.7 Å². The number of hydrogen-bond acceptors (Lipinski definition) is 6. The second-order valence-corrected chi connectivity index (χ2v) is 5.20. The molecule has 2 heterocycles. The Balaban J connectivity index is 1.76. The molecule has 0 aliphatic carbocycles. The highest BCUT2D eigenvalue weighted by atomic mass is 32.1. The first-order valence-electron chi connectivity index (χ1n) is 5.05. The summed E-state index contributed by atoms with van der Waals surface area (Å²) in [7, 11) is 0. The summed E-state index contributed by atoms with van der Waals surface area (Å²) >= 11 is 3.24. The number of aromatic nitrogens is 2. The van der Waals surface area contributed by atoms with Gasteiger partial charge in [-0.2, -0.15) is 0 Å². The Kier molecular flexibility index (Phi) is 4.26. The fourth-order valence-electron chi connectivity index (χ4n) is 1.17. The van der Waals surface area contributed by atoms with Gasteiger partial charge in [0.05, 0.1) is 6.61 Å². The van der Waals surface area contributed by atoms with E-state index in [9.17, 15) is 0 Å². The number of hydrogen-bond donors (Lipinski definition) is 1.